The Labute approximate surface area is 162 Å². The van der Waals surface area contributed by atoms with Crippen molar-refractivity contribution in [2.75, 3.05) is 0 Å². The summed E-state index contributed by atoms with van der Waals surface area (Å²) in [7, 11) is 0. The zero-order valence-corrected chi connectivity index (χ0v) is 15.5. The molecule has 0 unspecified atom stereocenters. The molecule has 2 N–H and O–H groups in total. The summed E-state index contributed by atoms with van der Waals surface area (Å²) in [5.41, 5.74) is 6.88. The Morgan fingerprint density at radius 3 is 2.36 bits per heavy atom. The van der Waals surface area contributed by atoms with Crippen LogP contribution in [0.2, 0.25) is 0 Å². The van der Waals surface area contributed by atoms with Crippen molar-refractivity contribution in [1.29, 1.82) is 0 Å². The third-order valence-electron chi connectivity index (χ3n) is 4.09. The van der Waals surface area contributed by atoms with E-state index in [-0.39, 0.29) is 11.7 Å². The summed E-state index contributed by atoms with van der Waals surface area (Å²) < 4.78 is 0. The Hall–Kier alpha value is -3.87. The van der Waals surface area contributed by atoms with Crippen molar-refractivity contribution < 1.29 is 9.90 Å². The second-order valence-corrected chi connectivity index (χ2v) is 6.15. The smallest absolute Gasteiger partial charge is 0.271 e. The number of hydrogen-bond acceptors (Lipinski definition) is 6. The lowest BCUT2D eigenvalue weighted by molar-refractivity contribution is 0.0955. The maximum atomic E-state index is 11.9. The number of amides is 1. The molecule has 28 heavy (non-hydrogen) atoms. The van der Waals surface area contributed by atoms with Crippen LogP contribution < -0.4 is 5.43 Å². The van der Waals surface area contributed by atoms with E-state index in [1.165, 1.54) is 30.2 Å². The molecule has 0 spiro atoms. The van der Waals surface area contributed by atoms with Crippen molar-refractivity contribution in [3.63, 3.8) is 0 Å². The Morgan fingerprint density at radius 2 is 1.64 bits per heavy atom. The van der Waals surface area contributed by atoms with Crippen LogP contribution in [0.3, 0.4) is 0 Å². The molecule has 0 bridgehead atoms. The normalized spacial score (nSPS) is 11.2. The quantitative estimate of drug-likeness (QED) is 0.389. The molecule has 3 rings (SSSR count). The standard InChI is InChI=1S/C21H19N5O2/c1-14-3-4-18(11-15(14)2)24-25-19-5-6-20(27)17(12-19)13-23-26-21(28)16-7-9-22-10-8-16/h3-13,27H,1-2H3,(H,26,28)/b23-13+,25-24?. The van der Waals surface area contributed by atoms with Crippen molar-refractivity contribution in [3.05, 3.63) is 83.2 Å². The molecule has 140 valence electrons. The largest absolute Gasteiger partial charge is 0.507 e. The number of hydrazone groups is 1. The van der Waals surface area contributed by atoms with Crippen LogP contribution in [0.4, 0.5) is 11.4 Å². The van der Waals surface area contributed by atoms with Gasteiger partial charge in [0.2, 0.25) is 0 Å². The van der Waals surface area contributed by atoms with Gasteiger partial charge in [0, 0.05) is 23.5 Å². The van der Waals surface area contributed by atoms with E-state index in [4.69, 9.17) is 0 Å². The van der Waals surface area contributed by atoms with Gasteiger partial charge in [0.25, 0.3) is 5.91 Å². The van der Waals surface area contributed by atoms with Crippen LogP contribution in [0.25, 0.3) is 0 Å². The molecule has 0 aliphatic carbocycles. The Kier molecular flexibility index (Phi) is 5.86. The number of carbonyl (C=O) groups is 1. The first-order chi connectivity index (χ1) is 13.5. The van der Waals surface area contributed by atoms with E-state index < -0.39 is 0 Å². The second-order valence-electron chi connectivity index (χ2n) is 6.15. The van der Waals surface area contributed by atoms with Gasteiger partial charge in [-0.15, -0.1) is 0 Å². The molecule has 0 fully saturated rings. The average Bonchev–Trinajstić information content (AvgIpc) is 2.71. The Morgan fingerprint density at radius 1 is 0.964 bits per heavy atom. The van der Waals surface area contributed by atoms with E-state index in [0.717, 1.165) is 11.3 Å². The molecule has 0 aliphatic rings. The van der Waals surface area contributed by atoms with Gasteiger partial charge >= 0.3 is 0 Å². The number of rotatable bonds is 5. The zero-order valence-electron chi connectivity index (χ0n) is 15.5. The topological polar surface area (TPSA) is 99.3 Å². The van der Waals surface area contributed by atoms with E-state index >= 15 is 0 Å². The minimum atomic E-state index is -0.372. The molecule has 0 aliphatic heterocycles. The van der Waals surface area contributed by atoms with Gasteiger partial charge in [-0.25, -0.2) is 5.43 Å². The van der Waals surface area contributed by atoms with Gasteiger partial charge in [-0.2, -0.15) is 15.3 Å². The third kappa shape index (κ3) is 4.85. The summed E-state index contributed by atoms with van der Waals surface area (Å²) in [4.78, 5) is 15.8. The first-order valence-electron chi connectivity index (χ1n) is 8.58. The van der Waals surface area contributed by atoms with Crippen LogP contribution in [0.1, 0.15) is 27.0 Å². The van der Waals surface area contributed by atoms with E-state index in [9.17, 15) is 9.90 Å². The number of benzene rings is 2. The van der Waals surface area contributed by atoms with Gasteiger partial charge in [-0.05, 0) is 67.4 Å². The van der Waals surface area contributed by atoms with E-state index in [1.54, 1.807) is 24.3 Å². The van der Waals surface area contributed by atoms with Crippen LogP contribution in [-0.4, -0.2) is 22.2 Å². The maximum absolute atomic E-state index is 11.9. The molecular weight excluding hydrogens is 354 g/mol. The predicted molar refractivity (Wildman–Crippen MR) is 107 cm³/mol. The number of aromatic nitrogens is 1. The molecule has 7 nitrogen and oxygen atoms in total. The number of aryl methyl sites for hydroxylation is 2. The SMILES string of the molecule is Cc1ccc(N=Nc2ccc(O)c(/C=N/NC(=O)c3ccncc3)c2)cc1C. The highest BCUT2D eigenvalue weighted by molar-refractivity contribution is 5.95. The lowest BCUT2D eigenvalue weighted by Gasteiger charge is -2.02. The van der Waals surface area contributed by atoms with Crippen molar-refractivity contribution >= 4 is 23.5 Å². The summed E-state index contributed by atoms with van der Waals surface area (Å²) in [6, 6.07) is 13.8. The monoisotopic (exact) mass is 373 g/mol. The average molecular weight is 373 g/mol. The van der Waals surface area contributed by atoms with E-state index in [0.29, 0.717) is 16.8 Å². The van der Waals surface area contributed by atoms with E-state index in [1.807, 2.05) is 32.0 Å². The van der Waals surface area contributed by atoms with Gasteiger partial charge in [0.05, 0.1) is 17.6 Å². The van der Waals surface area contributed by atoms with Crippen LogP contribution in [0, 0.1) is 13.8 Å². The van der Waals surface area contributed by atoms with E-state index in [2.05, 4.69) is 25.7 Å². The fourth-order valence-corrected chi connectivity index (χ4v) is 2.34. The summed E-state index contributed by atoms with van der Waals surface area (Å²) >= 11 is 0. The van der Waals surface area contributed by atoms with Crippen LogP contribution in [0.5, 0.6) is 5.75 Å². The molecule has 0 saturated carbocycles. The maximum Gasteiger partial charge on any atom is 0.271 e. The minimum Gasteiger partial charge on any atom is -0.507 e. The van der Waals surface area contributed by atoms with Crippen molar-refractivity contribution in [2.24, 2.45) is 15.3 Å². The third-order valence-corrected chi connectivity index (χ3v) is 4.09. The van der Waals surface area contributed by atoms with Gasteiger partial charge in [-0.1, -0.05) is 6.07 Å². The molecule has 7 heteroatoms. The predicted octanol–water partition coefficient (Wildman–Crippen LogP) is 4.58. The number of hydrogen-bond donors (Lipinski definition) is 2. The highest BCUT2D eigenvalue weighted by Gasteiger charge is 2.04. The number of phenolic OH excluding ortho intramolecular Hbond substituents is 1. The van der Waals surface area contributed by atoms with Gasteiger partial charge in [-0.3, -0.25) is 9.78 Å². The van der Waals surface area contributed by atoms with Crippen LogP contribution >= 0.6 is 0 Å². The van der Waals surface area contributed by atoms with Crippen LogP contribution in [-0.2, 0) is 0 Å². The summed E-state index contributed by atoms with van der Waals surface area (Å²) in [6.07, 6.45) is 4.40. The highest BCUT2D eigenvalue weighted by Crippen LogP contribution is 2.25. The number of nitrogens with one attached hydrogen (secondary N) is 1. The highest BCUT2D eigenvalue weighted by atomic mass is 16.3. The fraction of sp³-hybridized carbons (Fsp3) is 0.0952. The first kappa shape index (κ1) is 18.9. The molecule has 2 aromatic carbocycles. The number of carbonyl (C=O) groups excluding carboxylic acids is 1. The lowest BCUT2D eigenvalue weighted by Crippen LogP contribution is -2.17. The number of nitrogens with zero attached hydrogens (tertiary/aromatic N) is 4. The number of aromatic hydroxyl groups is 1. The second kappa shape index (κ2) is 8.68. The molecule has 3 aromatic rings. The molecule has 1 heterocycles. The summed E-state index contributed by atoms with van der Waals surface area (Å²) in [5.74, 6) is -0.351. The molecule has 1 aromatic heterocycles. The van der Waals surface area contributed by atoms with Gasteiger partial charge < -0.3 is 5.11 Å². The minimum absolute atomic E-state index is 0.0204. The van der Waals surface area contributed by atoms with Crippen molar-refractivity contribution in [1.82, 2.24) is 10.4 Å². The summed E-state index contributed by atoms with van der Waals surface area (Å²) in [5, 5.41) is 22.3. The number of pyridine rings is 1. The lowest BCUT2D eigenvalue weighted by atomic mass is 10.1. The van der Waals surface area contributed by atoms with Crippen molar-refractivity contribution in [3.8, 4) is 5.75 Å². The van der Waals surface area contributed by atoms with Crippen molar-refractivity contribution in [2.45, 2.75) is 13.8 Å². The molecular formula is C21H19N5O2. The Balaban J connectivity index is 1.71. The number of azo groups is 1. The fourth-order valence-electron chi connectivity index (χ4n) is 2.34. The molecule has 1 amide bonds. The molecule has 0 saturated heterocycles. The summed E-state index contributed by atoms with van der Waals surface area (Å²) in [6.45, 7) is 4.05. The first-order valence-corrected chi connectivity index (χ1v) is 8.58. The van der Waals surface area contributed by atoms with Gasteiger partial charge in [0.1, 0.15) is 5.75 Å². The zero-order chi connectivity index (χ0) is 19.9. The van der Waals surface area contributed by atoms with Crippen LogP contribution in [0.15, 0.2) is 76.3 Å². The van der Waals surface area contributed by atoms with Gasteiger partial charge in [0.15, 0.2) is 0 Å². The molecule has 0 atom stereocenters. The Bertz CT molecular complexity index is 1050. The number of phenols is 1. The molecule has 0 radical (unpaired) electrons.